The van der Waals surface area contributed by atoms with Crippen molar-refractivity contribution in [1.29, 1.82) is 0 Å². The standard InChI is InChI=1S/C46H59BNO14.CH4/c1-10-21-47-62-30-22-31-45(24-57-31,60-26(3)49)36-38(59-39(53)28-19-15-12-16-20-28)46(56)23-29(25(2)32(43(46,7)8)34(50)37(52)44(30,36)9)58-40(54)35(51)33(27-17-13-11-14-18-27)48-41(55)61-42(4,5)6;/h11-20,29-31,33-36,38,50-51,56H,10,21-24H2,1-9H3,(H,48,55);1H4/t29?,30?,31-,33+,34-,35-,36+,38+,44-,45+,46-;/m1./s1. The topological polar surface area (TPSA) is 213 Å². The van der Waals surface area contributed by atoms with Gasteiger partial charge < -0.3 is 49.0 Å². The smallest absolute Gasteiger partial charge is 0.408 e. The number of benzene rings is 2. The minimum Gasteiger partial charge on any atom is -0.456 e. The van der Waals surface area contributed by atoms with E-state index < -0.39 is 112 Å². The van der Waals surface area contributed by atoms with Gasteiger partial charge in [0.2, 0.25) is 0 Å². The van der Waals surface area contributed by atoms with Crippen molar-refractivity contribution in [1.82, 2.24) is 5.32 Å². The highest BCUT2D eigenvalue weighted by Crippen LogP contribution is 2.64. The number of hydrogen-bond acceptors (Lipinski definition) is 14. The van der Waals surface area contributed by atoms with E-state index >= 15 is 4.79 Å². The van der Waals surface area contributed by atoms with Crippen molar-refractivity contribution in [3.8, 4) is 0 Å². The molecule has 0 spiro atoms. The van der Waals surface area contributed by atoms with Gasteiger partial charge in [-0.3, -0.25) is 9.59 Å². The lowest BCUT2D eigenvalue weighted by atomic mass is 9.44. The van der Waals surface area contributed by atoms with Crippen molar-refractivity contribution < 1.29 is 67.6 Å². The number of alkyl carbamates (subject to hydrolysis) is 1. The number of rotatable bonds is 12. The summed E-state index contributed by atoms with van der Waals surface area (Å²) in [5, 5.41) is 40.4. The fourth-order valence-electron chi connectivity index (χ4n) is 10.0. The molecule has 6 rings (SSSR count). The monoisotopic (exact) mass is 876 g/mol. The molecule has 1 saturated heterocycles. The average Bonchev–Trinajstić information content (AvgIpc) is 3.20. The zero-order valence-electron chi connectivity index (χ0n) is 36.8. The molecule has 1 heterocycles. The van der Waals surface area contributed by atoms with Gasteiger partial charge in [0.1, 0.15) is 35.6 Å². The van der Waals surface area contributed by atoms with E-state index in [2.05, 4.69) is 5.32 Å². The fraction of sp³-hybridized carbons (Fsp3) is 0.596. The van der Waals surface area contributed by atoms with Crippen LogP contribution in [0.3, 0.4) is 0 Å². The maximum atomic E-state index is 15.4. The second-order valence-electron chi connectivity index (χ2n) is 18.6. The first-order valence-electron chi connectivity index (χ1n) is 21.2. The molecule has 11 atom stereocenters. The number of aliphatic hydroxyl groups excluding tert-OH is 2. The highest BCUT2D eigenvalue weighted by molar-refractivity contribution is 6.27. The Bertz CT molecular complexity index is 2050. The van der Waals surface area contributed by atoms with E-state index in [0.717, 1.165) is 6.42 Å². The van der Waals surface area contributed by atoms with E-state index in [-0.39, 0.29) is 37.2 Å². The molecule has 1 aliphatic heterocycles. The highest BCUT2D eigenvalue weighted by Gasteiger charge is 2.78. The minimum absolute atomic E-state index is 0. The van der Waals surface area contributed by atoms with Crippen molar-refractivity contribution in [2.45, 2.75) is 155 Å². The van der Waals surface area contributed by atoms with Crippen LogP contribution >= 0.6 is 0 Å². The number of esters is 3. The Balaban J connectivity index is 0.00000748. The molecule has 63 heavy (non-hydrogen) atoms. The molecule has 2 bridgehead atoms. The van der Waals surface area contributed by atoms with Gasteiger partial charge in [-0.15, -0.1) is 0 Å². The molecule has 1 radical (unpaired) electrons. The van der Waals surface area contributed by atoms with E-state index in [9.17, 15) is 34.5 Å². The predicted octanol–water partition coefficient (Wildman–Crippen LogP) is 5.37. The number of fused-ring (bicyclic) bond motifs is 5. The van der Waals surface area contributed by atoms with E-state index in [1.54, 1.807) is 104 Å². The van der Waals surface area contributed by atoms with Crippen molar-refractivity contribution >= 4 is 37.3 Å². The maximum Gasteiger partial charge on any atom is 0.408 e. The maximum absolute atomic E-state index is 15.4. The summed E-state index contributed by atoms with van der Waals surface area (Å²) in [7, 11) is 1.57. The van der Waals surface area contributed by atoms with Crippen LogP contribution in [0.4, 0.5) is 4.79 Å². The first-order chi connectivity index (χ1) is 29.0. The molecule has 4 N–H and O–H groups in total. The molecule has 2 saturated carbocycles. The fourth-order valence-corrected chi connectivity index (χ4v) is 10.0. The van der Waals surface area contributed by atoms with E-state index in [4.69, 9.17) is 28.3 Å². The Labute approximate surface area is 370 Å². The van der Waals surface area contributed by atoms with Crippen molar-refractivity contribution in [2.24, 2.45) is 16.7 Å². The van der Waals surface area contributed by atoms with Gasteiger partial charge in [-0.05, 0) is 63.5 Å². The summed E-state index contributed by atoms with van der Waals surface area (Å²) in [5.74, 6) is -4.99. The van der Waals surface area contributed by atoms with Crippen LogP contribution in [0, 0.1) is 16.7 Å². The molecule has 0 aromatic heterocycles. The second kappa shape index (κ2) is 18.5. The molecule has 1 amide bonds. The van der Waals surface area contributed by atoms with E-state index in [1.165, 1.54) is 19.1 Å². The average molecular weight is 877 g/mol. The van der Waals surface area contributed by atoms with Gasteiger partial charge in [-0.2, -0.15) is 0 Å². The molecule has 16 heteroatoms. The predicted molar refractivity (Wildman–Crippen MR) is 230 cm³/mol. The van der Waals surface area contributed by atoms with Crippen LogP contribution in [0.25, 0.3) is 0 Å². The molecule has 2 aromatic carbocycles. The number of aliphatic hydroxyl groups is 3. The van der Waals surface area contributed by atoms with Crippen LogP contribution in [0.5, 0.6) is 0 Å². The third-order valence-corrected chi connectivity index (χ3v) is 13.2. The van der Waals surface area contributed by atoms with Crippen molar-refractivity contribution in [3.05, 3.63) is 82.9 Å². The van der Waals surface area contributed by atoms with Crippen LogP contribution in [0.2, 0.25) is 6.32 Å². The molecule has 4 aliphatic rings. The van der Waals surface area contributed by atoms with Crippen molar-refractivity contribution in [2.75, 3.05) is 6.61 Å². The van der Waals surface area contributed by atoms with Gasteiger partial charge >= 0.3 is 24.0 Å². The Morgan fingerprint density at radius 3 is 2.17 bits per heavy atom. The summed E-state index contributed by atoms with van der Waals surface area (Å²) in [6, 6.07) is 14.9. The Morgan fingerprint density at radius 1 is 1.00 bits per heavy atom. The zero-order valence-corrected chi connectivity index (χ0v) is 36.8. The molecule has 15 nitrogen and oxygen atoms in total. The van der Waals surface area contributed by atoms with Crippen molar-refractivity contribution in [3.63, 3.8) is 0 Å². The van der Waals surface area contributed by atoms with E-state index in [0.29, 0.717) is 11.9 Å². The minimum atomic E-state index is -2.31. The van der Waals surface area contributed by atoms with Gasteiger partial charge in [0.25, 0.3) is 7.48 Å². The molecular weight excluding hydrogens is 813 g/mol. The number of carbonyl (C=O) groups is 5. The summed E-state index contributed by atoms with van der Waals surface area (Å²) in [4.78, 5) is 70.1. The summed E-state index contributed by atoms with van der Waals surface area (Å²) in [6.45, 7) is 14.2. The largest absolute Gasteiger partial charge is 0.456 e. The van der Waals surface area contributed by atoms with Gasteiger partial charge in [-0.1, -0.05) is 89.5 Å². The van der Waals surface area contributed by atoms with E-state index in [1.807, 2.05) is 6.92 Å². The number of hydrogen-bond donors (Lipinski definition) is 4. The number of ketones is 1. The molecular formula is C47H63BNO14. The molecule has 2 aromatic rings. The number of carbonyl (C=O) groups excluding carboxylic acids is 5. The van der Waals surface area contributed by atoms with Crippen LogP contribution < -0.4 is 5.32 Å². The molecule has 2 unspecified atom stereocenters. The Morgan fingerprint density at radius 2 is 1.62 bits per heavy atom. The van der Waals surface area contributed by atoms with Gasteiger partial charge in [0, 0.05) is 25.2 Å². The van der Waals surface area contributed by atoms with Crippen LogP contribution in [-0.4, -0.2) is 113 Å². The highest BCUT2D eigenvalue weighted by atomic mass is 16.6. The number of ether oxygens (including phenoxy) is 5. The van der Waals surface area contributed by atoms with Gasteiger partial charge in [0.05, 0.1) is 35.6 Å². The van der Waals surface area contributed by atoms with Gasteiger partial charge in [0.15, 0.2) is 17.5 Å². The molecule has 343 valence electrons. The molecule has 3 aliphatic carbocycles. The Hall–Kier alpha value is -4.61. The normalized spacial score (nSPS) is 31.7. The molecule has 3 fully saturated rings. The first kappa shape index (κ1) is 49.4. The quantitative estimate of drug-likeness (QED) is 0.0695. The summed E-state index contributed by atoms with van der Waals surface area (Å²) in [6.07, 6.45) is -9.17. The van der Waals surface area contributed by atoms with Crippen LogP contribution in [0.15, 0.2) is 71.8 Å². The lowest BCUT2D eigenvalue weighted by Gasteiger charge is -2.68. The number of Topliss-reactive ketones (excluding diaryl/α,β-unsaturated/α-hetero) is 1. The summed E-state index contributed by atoms with van der Waals surface area (Å²) >= 11 is 0. The zero-order chi connectivity index (χ0) is 45.6. The Kier molecular flexibility index (Phi) is 14.5. The summed E-state index contributed by atoms with van der Waals surface area (Å²) < 4.78 is 36.5. The third-order valence-electron chi connectivity index (χ3n) is 13.2. The first-order valence-corrected chi connectivity index (χ1v) is 21.2. The second-order valence-corrected chi connectivity index (χ2v) is 18.6. The van der Waals surface area contributed by atoms with Gasteiger partial charge in [-0.25, -0.2) is 14.4 Å². The van der Waals surface area contributed by atoms with Crippen LogP contribution in [0.1, 0.15) is 111 Å². The third kappa shape index (κ3) is 8.94. The number of nitrogens with one attached hydrogen (secondary N) is 1. The summed E-state index contributed by atoms with van der Waals surface area (Å²) in [5.41, 5.74) is -7.65. The lowest BCUT2D eigenvalue weighted by Crippen LogP contribution is -2.82. The van der Waals surface area contributed by atoms with Crippen LogP contribution in [-0.2, 0) is 42.7 Å². The number of amides is 1. The lowest BCUT2D eigenvalue weighted by molar-refractivity contribution is -0.344. The SMILES string of the molecule is C.CCC[B]OC1C[C@H]2OC[C@@]2(OC(C)=O)[C@H]2[C@H](OC(=O)c3ccccc3)[C@]3(O)CC(OC(=O)[C@H](O)[C@@H](NC(=O)OC(C)(C)C)c4ccccc4)C(C)=C([C@@H](O)C(=O)[C@]12C)C3(C)C.